The van der Waals surface area contributed by atoms with Crippen LogP contribution in [0.3, 0.4) is 0 Å². The van der Waals surface area contributed by atoms with Gasteiger partial charge in [0.2, 0.25) is 0 Å². The van der Waals surface area contributed by atoms with E-state index in [0.29, 0.717) is 5.75 Å². The highest BCUT2D eigenvalue weighted by Crippen LogP contribution is 2.11. The van der Waals surface area contributed by atoms with Crippen LogP contribution in [0.2, 0.25) is 0 Å². The van der Waals surface area contributed by atoms with Gasteiger partial charge in [0.05, 0.1) is 0 Å². The van der Waals surface area contributed by atoms with Crippen molar-refractivity contribution < 1.29 is 23.4 Å². The first-order valence-electron chi connectivity index (χ1n) is 7.35. The number of aliphatic hydroxyl groups excluding tert-OH is 1. The number of halogens is 2. The van der Waals surface area contributed by atoms with Crippen molar-refractivity contribution in [3.05, 3.63) is 65.7 Å². The summed E-state index contributed by atoms with van der Waals surface area (Å²) in [6.07, 6.45) is -0.911. The van der Waals surface area contributed by atoms with Gasteiger partial charge in [-0.25, -0.2) is 13.6 Å². The van der Waals surface area contributed by atoms with Gasteiger partial charge < -0.3 is 20.5 Å². The monoisotopic (exact) mass is 336 g/mol. The maximum Gasteiger partial charge on any atom is 0.315 e. The van der Waals surface area contributed by atoms with Gasteiger partial charge in [0.15, 0.2) is 0 Å². The van der Waals surface area contributed by atoms with Crippen molar-refractivity contribution in [1.82, 2.24) is 10.6 Å². The second-order valence-corrected chi connectivity index (χ2v) is 5.11. The van der Waals surface area contributed by atoms with Crippen molar-refractivity contribution >= 4 is 6.03 Å². The van der Waals surface area contributed by atoms with Gasteiger partial charge in [0.1, 0.15) is 30.1 Å². The second-order valence-electron chi connectivity index (χ2n) is 5.11. The fraction of sp³-hybridized carbons (Fsp3) is 0.235. The maximum absolute atomic E-state index is 12.8. The molecule has 2 aromatic rings. The molecule has 0 fully saturated rings. The van der Waals surface area contributed by atoms with Crippen LogP contribution in [-0.2, 0) is 6.54 Å². The molecule has 0 bridgehead atoms. The number of carbonyl (C=O) groups excluding carboxylic acids is 1. The summed E-state index contributed by atoms with van der Waals surface area (Å²) in [6.45, 7) is 0.203. The van der Waals surface area contributed by atoms with E-state index in [1.807, 2.05) is 0 Å². The third kappa shape index (κ3) is 6.21. The molecule has 0 spiro atoms. The highest BCUT2D eigenvalue weighted by Gasteiger charge is 2.08. The minimum atomic E-state index is -0.911. The Balaban J connectivity index is 1.63. The predicted molar refractivity (Wildman–Crippen MR) is 84.5 cm³/mol. The zero-order chi connectivity index (χ0) is 17.4. The molecule has 2 amide bonds. The first kappa shape index (κ1) is 17.7. The van der Waals surface area contributed by atoms with Crippen LogP contribution in [0, 0.1) is 11.6 Å². The van der Waals surface area contributed by atoms with Gasteiger partial charge in [0, 0.05) is 13.1 Å². The van der Waals surface area contributed by atoms with Gasteiger partial charge in [0.25, 0.3) is 0 Å². The molecule has 0 aliphatic heterocycles. The topological polar surface area (TPSA) is 70.6 Å². The Morgan fingerprint density at radius 2 is 1.58 bits per heavy atom. The summed E-state index contributed by atoms with van der Waals surface area (Å²) < 4.78 is 30.8. The van der Waals surface area contributed by atoms with Gasteiger partial charge in [-0.2, -0.15) is 0 Å². The molecule has 0 radical (unpaired) electrons. The number of rotatable bonds is 7. The summed E-state index contributed by atoms with van der Waals surface area (Å²) in [4.78, 5) is 11.6. The molecule has 2 rings (SSSR count). The molecule has 0 saturated heterocycles. The van der Waals surface area contributed by atoms with E-state index in [9.17, 15) is 18.7 Å². The van der Waals surface area contributed by atoms with Gasteiger partial charge in [-0.3, -0.25) is 0 Å². The summed E-state index contributed by atoms with van der Waals surface area (Å²) in [5, 5.41) is 14.8. The molecule has 3 N–H and O–H groups in total. The Bertz CT molecular complexity index is 648. The number of aliphatic hydroxyl groups is 1. The van der Waals surface area contributed by atoms with Crippen LogP contribution in [0.25, 0.3) is 0 Å². The number of carbonyl (C=O) groups is 1. The molecule has 0 aliphatic carbocycles. The van der Waals surface area contributed by atoms with Gasteiger partial charge in [-0.05, 0) is 42.0 Å². The van der Waals surface area contributed by atoms with E-state index in [1.165, 1.54) is 36.4 Å². The number of hydrogen-bond donors (Lipinski definition) is 3. The Labute approximate surface area is 138 Å². The molecule has 0 aliphatic rings. The molecule has 24 heavy (non-hydrogen) atoms. The highest BCUT2D eigenvalue weighted by atomic mass is 19.1. The smallest absolute Gasteiger partial charge is 0.315 e. The predicted octanol–water partition coefficient (Wildman–Crippen LogP) is 2.20. The van der Waals surface area contributed by atoms with Crippen molar-refractivity contribution in [2.45, 2.75) is 12.6 Å². The van der Waals surface area contributed by atoms with E-state index in [1.54, 1.807) is 12.1 Å². The number of amides is 2. The summed E-state index contributed by atoms with van der Waals surface area (Å²) in [6, 6.07) is 10.7. The Kier molecular flexibility index (Phi) is 6.51. The lowest BCUT2D eigenvalue weighted by molar-refractivity contribution is 0.108. The summed E-state index contributed by atoms with van der Waals surface area (Å²) in [5.74, 6) is -0.286. The summed E-state index contributed by atoms with van der Waals surface area (Å²) in [5.41, 5.74) is 0.756. The van der Waals surface area contributed by atoms with Gasteiger partial charge in [-0.15, -0.1) is 0 Å². The Morgan fingerprint density at radius 3 is 2.21 bits per heavy atom. The largest absolute Gasteiger partial charge is 0.491 e. The zero-order valence-electron chi connectivity index (χ0n) is 12.8. The molecule has 1 atom stereocenters. The van der Waals surface area contributed by atoms with E-state index >= 15 is 0 Å². The van der Waals surface area contributed by atoms with Crippen LogP contribution in [0.15, 0.2) is 48.5 Å². The van der Waals surface area contributed by atoms with E-state index in [-0.39, 0.29) is 31.3 Å². The standard InChI is InChI=1S/C17H18F2N2O3/c18-13-3-1-12(2-4-13)9-20-17(23)21-10-15(22)11-24-16-7-5-14(19)6-8-16/h1-8,15,22H,9-11H2,(H2,20,21,23). The number of benzene rings is 2. The van der Waals surface area contributed by atoms with Crippen LogP contribution in [-0.4, -0.2) is 30.4 Å². The molecule has 5 nitrogen and oxygen atoms in total. The SMILES string of the molecule is O=C(NCc1ccc(F)cc1)NCC(O)COc1ccc(F)cc1. The third-order valence-electron chi connectivity index (χ3n) is 3.12. The van der Waals surface area contributed by atoms with Crippen LogP contribution < -0.4 is 15.4 Å². The molecule has 0 heterocycles. The highest BCUT2D eigenvalue weighted by molar-refractivity contribution is 5.73. The number of nitrogens with one attached hydrogen (secondary N) is 2. The summed E-state index contributed by atoms with van der Waals surface area (Å²) in [7, 11) is 0. The molecule has 0 aromatic heterocycles. The number of urea groups is 1. The van der Waals surface area contributed by atoms with E-state index in [0.717, 1.165) is 5.56 Å². The van der Waals surface area contributed by atoms with Gasteiger partial charge in [-0.1, -0.05) is 12.1 Å². The lowest BCUT2D eigenvalue weighted by atomic mass is 10.2. The van der Waals surface area contributed by atoms with E-state index < -0.39 is 12.1 Å². The van der Waals surface area contributed by atoms with Crippen molar-refractivity contribution in [1.29, 1.82) is 0 Å². The maximum atomic E-state index is 12.8. The van der Waals surface area contributed by atoms with Gasteiger partial charge >= 0.3 is 6.03 Å². The van der Waals surface area contributed by atoms with Crippen LogP contribution >= 0.6 is 0 Å². The second kappa shape index (κ2) is 8.83. The fourth-order valence-electron chi connectivity index (χ4n) is 1.84. The van der Waals surface area contributed by atoms with Crippen molar-refractivity contribution in [3.8, 4) is 5.75 Å². The Morgan fingerprint density at radius 1 is 1.00 bits per heavy atom. The fourth-order valence-corrected chi connectivity index (χ4v) is 1.84. The minimum absolute atomic E-state index is 0.00353. The first-order chi connectivity index (χ1) is 11.5. The first-order valence-corrected chi connectivity index (χ1v) is 7.35. The Hall–Kier alpha value is -2.67. The zero-order valence-corrected chi connectivity index (χ0v) is 12.8. The average molecular weight is 336 g/mol. The molecule has 0 saturated carbocycles. The van der Waals surface area contributed by atoms with E-state index in [2.05, 4.69) is 10.6 Å². The molecular formula is C17H18F2N2O3. The van der Waals surface area contributed by atoms with Crippen LogP contribution in [0.5, 0.6) is 5.75 Å². The van der Waals surface area contributed by atoms with E-state index in [4.69, 9.17) is 4.74 Å². The lowest BCUT2D eigenvalue weighted by Gasteiger charge is -2.14. The molecule has 1 unspecified atom stereocenters. The minimum Gasteiger partial charge on any atom is -0.491 e. The summed E-state index contributed by atoms with van der Waals surface area (Å²) >= 11 is 0. The molecule has 7 heteroatoms. The average Bonchev–Trinajstić information content (AvgIpc) is 2.59. The molecular weight excluding hydrogens is 318 g/mol. The number of ether oxygens (including phenoxy) is 1. The molecule has 128 valence electrons. The van der Waals surface area contributed by atoms with Crippen LogP contribution in [0.1, 0.15) is 5.56 Å². The number of hydrogen-bond acceptors (Lipinski definition) is 3. The molecule has 2 aromatic carbocycles. The van der Waals surface area contributed by atoms with Crippen molar-refractivity contribution in [2.24, 2.45) is 0 Å². The van der Waals surface area contributed by atoms with Crippen molar-refractivity contribution in [2.75, 3.05) is 13.2 Å². The quantitative estimate of drug-likeness (QED) is 0.726. The third-order valence-corrected chi connectivity index (χ3v) is 3.12. The van der Waals surface area contributed by atoms with Crippen molar-refractivity contribution in [3.63, 3.8) is 0 Å². The lowest BCUT2D eigenvalue weighted by Crippen LogP contribution is -2.41. The van der Waals surface area contributed by atoms with Crippen LogP contribution in [0.4, 0.5) is 13.6 Å². The normalized spacial score (nSPS) is 11.6.